The topological polar surface area (TPSA) is 53.1 Å². The molecule has 1 aromatic heterocycles. The van der Waals surface area contributed by atoms with E-state index in [1.165, 1.54) is 19.3 Å². The Morgan fingerprint density at radius 2 is 2.23 bits per heavy atom. The maximum atomic E-state index is 5.99. The Kier molecular flexibility index (Phi) is 1.41. The first kappa shape index (κ1) is 7.38. The van der Waals surface area contributed by atoms with Crippen LogP contribution in [0, 0.1) is 0 Å². The van der Waals surface area contributed by atoms with Gasteiger partial charge < -0.3 is 10.5 Å². The Hall–Kier alpha value is -1.03. The maximum Gasteiger partial charge on any atom is 0.127 e. The number of ether oxygens (including phenoxy) is 1. The minimum Gasteiger partial charge on any atom is -0.384 e. The number of anilines is 1. The van der Waals surface area contributed by atoms with E-state index in [-0.39, 0.29) is 0 Å². The molecule has 0 bridgehead atoms. The first-order valence-corrected chi connectivity index (χ1v) is 4.80. The first-order valence-electron chi connectivity index (χ1n) is 4.80. The van der Waals surface area contributed by atoms with E-state index in [4.69, 9.17) is 10.5 Å². The van der Waals surface area contributed by atoms with Gasteiger partial charge in [-0.05, 0) is 19.3 Å². The van der Waals surface area contributed by atoms with Crippen molar-refractivity contribution < 1.29 is 4.74 Å². The lowest BCUT2D eigenvalue weighted by Gasteiger charge is -2.26. The highest BCUT2D eigenvalue weighted by Gasteiger charge is 2.27. The van der Waals surface area contributed by atoms with E-state index < -0.39 is 0 Å². The third-order valence-corrected chi connectivity index (χ3v) is 3.04. The Morgan fingerprint density at radius 3 is 2.85 bits per heavy atom. The van der Waals surface area contributed by atoms with Gasteiger partial charge in [0.25, 0.3) is 0 Å². The van der Waals surface area contributed by atoms with Crippen LogP contribution < -0.4 is 5.73 Å². The van der Waals surface area contributed by atoms with Gasteiger partial charge >= 0.3 is 0 Å². The van der Waals surface area contributed by atoms with E-state index in [1.54, 1.807) is 0 Å². The van der Waals surface area contributed by atoms with E-state index >= 15 is 0 Å². The molecular weight excluding hydrogens is 166 g/mol. The largest absolute Gasteiger partial charge is 0.384 e. The monoisotopic (exact) mass is 179 g/mol. The van der Waals surface area contributed by atoms with E-state index in [9.17, 15) is 0 Å². The molecule has 3 rings (SSSR count). The molecule has 2 N–H and O–H groups in total. The molecule has 0 amide bonds. The van der Waals surface area contributed by atoms with Crippen molar-refractivity contribution in [2.24, 2.45) is 0 Å². The first-order chi connectivity index (χ1) is 6.36. The number of nitrogens with two attached hydrogens (primary N) is 1. The standard InChI is InChI=1S/C9H13N3O/c10-9-7-4-13-5-8(7)11-12(9)6-2-1-3-6/h6H,1-5,10H2. The lowest BCUT2D eigenvalue weighted by atomic mass is 9.93. The third kappa shape index (κ3) is 0.920. The van der Waals surface area contributed by atoms with Crippen LogP contribution >= 0.6 is 0 Å². The Labute approximate surface area is 76.7 Å². The van der Waals surface area contributed by atoms with Gasteiger partial charge in [-0.15, -0.1) is 0 Å². The summed E-state index contributed by atoms with van der Waals surface area (Å²) in [7, 11) is 0. The summed E-state index contributed by atoms with van der Waals surface area (Å²) < 4.78 is 7.26. The summed E-state index contributed by atoms with van der Waals surface area (Å²) in [6, 6.07) is 0.561. The van der Waals surface area contributed by atoms with Gasteiger partial charge in [0.2, 0.25) is 0 Å². The van der Waals surface area contributed by atoms with Gasteiger partial charge in [-0.1, -0.05) is 0 Å². The van der Waals surface area contributed by atoms with Gasteiger partial charge in [0.1, 0.15) is 5.82 Å². The zero-order valence-electron chi connectivity index (χ0n) is 7.49. The number of hydrogen-bond donors (Lipinski definition) is 1. The van der Waals surface area contributed by atoms with Crippen LogP contribution in [0.3, 0.4) is 0 Å². The fourth-order valence-electron chi connectivity index (χ4n) is 1.96. The lowest BCUT2D eigenvalue weighted by molar-refractivity contribution is 0.130. The van der Waals surface area contributed by atoms with E-state index in [0.29, 0.717) is 19.3 Å². The van der Waals surface area contributed by atoms with Gasteiger partial charge in [0, 0.05) is 5.56 Å². The molecule has 0 radical (unpaired) electrons. The molecule has 70 valence electrons. The van der Waals surface area contributed by atoms with Crippen molar-refractivity contribution in [3.63, 3.8) is 0 Å². The summed E-state index contributed by atoms with van der Waals surface area (Å²) in [6.45, 7) is 1.28. The molecule has 1 aromatic rings. The van der Waals surface area contributed by atoms with Gasteiger partial charge in [-0.2, -0.15) is 5.10 Å². The van der Waals surface area contributed by atoms with Crippen molar-refractivity contribution in [2.75, 3.05) is 5.73 Å². The van der Waals surface area contributed by atoms with Gasteiger partial charge in [-0.25, -0.2) is 4.68 Å². The summed E-state index contributed by atoms with van der Waals surface area (Å²) in [5.41, 5.74) is 8.15. The van der Waals surface area contributed by atoms with Gasteiger partial charge in [0.05, 0.1) is 24.9 Å². The van der Waals surface area contributed by atoms with Crippen LogP contribution in [-0.4, -0.2) is 9.78 Å². The predicted octanol–water partition coefficient (Wildman–Crippen LogP) is 1.22. The molecule has 13 heavy (non-hydrogen) atoms. The van der Waals surface area contributed by atoms with Crippen LogP contribution in [0.15, 0.2) is 0 Å². The Morgan fingerprint density at radius 1 is 1.38 bits per heavy atom. The molecule has 2 aliphatic rings. The average molecular weight is 179 g/mol. The summed E-state index contributed by atoms with van der Waals surface area (Å²) in [5, 5.41) is 4.48. The quantitative estimate of drug-likeness (QED) is 0.705. The average Bonchev–Trinajstić information content (AvgIpc) is 2.54. The molecule has 1 aliphatic heterocycles. The van der Waals surface area contributed by atoms with E-state index in [2.05, 4.69) is 5.10 Å². The van der Waals surface area contributed by atoms with Crippen LogP contribution in [-0.2, 0) is 18.0 Å². The predicted molar refractivity (Wildman–Crippen MR) is 48.0 cm³/mol. The zero-order chi connectivity index (χ0) is 8.84. The van der Waals surface area contributed by atoms with Crippen molar-refractivity contribution in [2.45, 2.75) is 38.5 Å². The third-order valence-electron chi connectivity index (χ3n) is 3.04. The number of aromatic nitrogens is 2. The molecule has 1 aliphatic carbocycles. The highest BCUT2D eigenvalue weighted by molar-refractivity contribution is 5.44. The minimum atomic E-state index is 0.561. The molecular formula is C9H13N3O. The van der Waals surface area contributed by atoms with Crippen LogP contribution in [0.1, 0.15) is 36.6 Å². The molecule has 0 spiro atoms. The van der Waals surface area contributed by atoms with Crippen LogP contribution in [0.2, 0.25) is 0 Å². The van der Waals surface area contributed by atoms with Gasteiger partial charge in [0.15, 0.2) is 0 Å². The second-order valence-electron chi connectivity index (χ2n) is 3.83. The Bertz CT molecular complexity index is 341. The van der Waals surface area contributed by atoms with E-state index in [0.717, 1.165) is 17.1 Å². The SMILES string of the molecule is Nc1c2c(nn1C1CCC1)COC2. The number of fused-ring (bicyclic) bond motifs is 1. The highest BCUT2D eigenvalue weighted by atomic mass is 16.5. The Balaban J connectivity index is 2.01. The normalized spacial score (nSPS) is 21.5. The summed E-state index contributed by atoms with van der Waals surface area (Å²) in [4.78, 5) is 0. The van der Waals surface area contributed by atoms with Crippen molar-refractivity contribution in [3.05, 3.63) is 11.3 Å². The lowest BCUT2D eigenvalue weighted by Crippen LogP contribution is -2.20. The highest BCUT2D eigenvalue weighted by Crippen LogP contribution is 2.36. The molecule has 4 nitrogen and oxygen atoms in total. The van der Waals surface area contributed by atoms with Crippen molar-refractivity contribution in [1.29, 1.82) is 0 Å². The minimum absolute atomic E-state index is 0.561. The van der Waals surface area contributed by atoms with Crippen LogP contribution in [0.4, 0.5) is 5.82 Å². The summed E-state index contributed by atoms with van der Waals surface area (Å²) in [6.07, 6.45) is 3.77. The summed E-state index contributed by atoms with van der Waals surface area (Å²) >= 11 is 0. The smallest absolute Gasteiger partial charge is 0.127 e. The number of nitrogens with zero attached hydrogens (tertiary/aromatic N) is 2. The summed E-state index contributed by atoms with van der Waals surface area (Å²) in [5.74, 6) is 0.831. The molecule has 1 fully saturated rings. The molecule has 0 saturated heterocycles. The van der Waals surface area contributed by atoms with Gasteiger partial charge in [-0.3, -0.25) is 0 Å². The zero-order valence-corrected chi connectivity index (χ0v) is 7.49. The fourth-order valence-corrected chi connectivity index (χ4v) is 1.96. The van der Waals surface area contributed by atoms with Crippen LogP contribution in [0.5, 0.6) is 0 Å². The fraction of sp³-hybridized carbons (Fsp3) is 0.667. The number of hydrogen-bond acceptors (Lipinski definition) is 3. The van der Waals surface area contributed by atoms with Crippen molar-refractivity contribution in [3.8, 4) is 0 Å². The van der Waals surface area contributed by atoms with E-state index in [1.807, 2.05) is 4.68 Å². The van der Waals surface area contributed by atoms with Crippen molar-refractivity contribution in [1.82, 2.24) is 9.78 Å². The molecule has 4 heteroatoms. The molecule has 0 unspecified atom stereocenters. The second kappa shape index (κ2) is 2.48. The number of nitrogen functional groups attached to an aromatic ring is 1. The molecule has 0 atom stereocenters. The molecule has 0 aromatic carbocycles. The van der Waals surface area contributed by atoms with Crippen LogP contribution in [0.25, 0.3) is 0 Å². The van der Waals surface area contributed by atoms with Crippen molar-refractivity contribution >= 4 is 5.82 Å². The molecule has 1 saturated carbocycles. The molecule has 2 heterocycles. The second-order valence-corrected chi connectivity index (χ2v) is 3.83. The maximum absolute atomic E-state index is 5.99. The number of rotatable bonds is 1.